The van der Waals surface area contributed by atoms with E-state index in [1.807, 2.05) is 30.0 Å². The third-order valence-corrected chi connectivity index (χ3v) is 6.25. The predicted octanol–water partition coefficient (Wildman–Crippen LogP) is 5.40. The molecule has 0 spiro atoms. The molecule has 30 heavy (non-hydrogen) atoms. The van der Waals surface area contributed by atoms with Crippen molar-refractivity contribution in [3.8, 4) is 22.6 Å². The number of rotatable bonds is 7. The molecule has 0 unspecified atom stereocenters. The average molecular weight is 419 g/mol. The topological polar surface area (TPSA) is 42.9 Å². The molecule has 0 saturated heterocycles. The Labute approximate surface area is 182 Å². The molecule has 1 aliphatic heterocycles. The Kier molecular flexibility index (Phi) is 6.60. The number of benzene rings is 3. The van der Waals surface area contributed by atoms with E-state index < -0.39 is 0 Å². The molecule has 0 aromatic heterocycles. The van der Waals surface area contributed by atoms with Crippen LogP contribution in [0.15, 0.2) is 76.6 Å². The second-order valence-electron chi connectivity index (χ2n) is 7.05. The molecule has 3 aromatic carbocycles. The van der Waals surface area contributed by atoms with Crippen LogP contribution < -0.4 is 14.8 Å². The van der Waals surface area contributed by atoms with Crippen LogP contribution in [0, 0.1) is 0 Å². The monoisotopic (exact) mass is 418 g/mol. The average Bonchev–Trinajstić information content (AvgIpc) is 2.83. The fourth-order valence-electron chi connectivity index (χ4n) is 3.51. The SMILES string of the molecule is COc1ccc(-c2ccc(OC)c(CSc3ccccc3C3=NCCCN3)c2)cc1. The van der Waals surface area contributed by atoms with Crippen molar-refractivity contribution in [1.29, 1.82) is 0 Å². The molecule has 0 amide bonds. The molecule has 1 N–H and O–H groups in total. The molecule has 1 heterocycles. The van der Waals surface area contributed by atoms with Gasteiger partial charge in [-0.2, -0.15) is 0 Å². The molecule has 5 heteroatoms. The van der Waals surface area contributed by atoms with Gasteiger partial charge in [0.1, 0.15) is 17.3 Å². The van der Waals surface area contributed by atoms with Crippen molar-refractivity contribution in [3.05, 3.63) is 77.9 Å². The van der Waals surface area contributed by atoms with E-state index in [9.17, 15) is 0 Å². The summed E-state index contributed by atoms with van der Waals surface area (Å²) in [5, 5.41) is 3.44. The van der Waals surface area contributed by atoms with Crippen molar-refractivity contribution in [2.24, 2.45) is 4.99 Å². The Balaban J connectivity index is 1.58. The van der Waals surface area contributed by atoms with Crippen LogP contribution in [0.4, 0.5) is 0 Å². The van der Waals surface area contributed by atoms with Crippen LogP contribution in [0.25, 0.3) is 11.1 Å². The fourth-order valence-corrected chi connectivity index (χ4v) is 4.54. The number of hydrogen-bond donors (Lipinski definition) is 1. The molecular weight excluding hydrogens is 392 g/mol. The number of nitrogens with one attached hydrogen (secondary N) is 1. The zero-order chi connectivity index (χ0) is 20.8. The van der Waals surface area contributed by atoms with Crippen LogP contribution in [0.5, 0.6) is 11.5 Å². The van der Waals surface area contributed by atoms with Gasteiger partial charge in [-0.3, -0.25) is 4.99 Å². The van der Waals surface area contributed by atoms with Crippen LogP contribution in [-0.4, -0.2) is 33.1 Å². The first kappa shape index (κ1) is 20.4. The van der Waals surface area contributed by atoms with Crippen LogP contribution in [0.2, 0.25) is 0 Å². The van der Waals surface area contributed by atoms with E-state index in [1.165, 1.54) is 21.6 Å². The van der Waals surface area contributed by atoms with Gasteiger partial charge in [0.2, 0.25) is 0 Å². The second-order valence-corrected chi connectivity index (χ2v) is 8.07. The minimum absolute atomic E-state index is 0.817. The van der Waals surface area contributed by atoms with Gasteiger partial charge in [-0.15, -0.1) is 11.8 Å². The van der Waals surface area contributed by atoms with Gasteiger partial charge >= 0.3 is 0 Å². The summed E-state index contributed by atoms with van der Waals surface area (Å²) in [5.41, 5.74) is 4.67. The number of methoxy groups -OCH3 is 2. The van der Waals surface area contributed by atoms with Crippen molar-refractivity contribution in [3.63, 3.8) is 0 Å². The van der Waals surface area contributed by atoms with E-state index in [4.69, 9.17) is 9.47 Å². The highest BCUT2D eigenvalue weighted by Gasteiger charge is 2.13. The normalized spacial score (nSPS) is 13.3. The summed E-state index contributed by atoms with van der Waals surface area (Å²) in [7, 11) is 3.41. The largest absolute Gasteiger partial charge is 0.497 e. The van der Waals surface area contributed by atoms with Gasteiger partial charge in [-0.05, 0) is 47.9 Å². The lowest BCUT2D eigenvalue weighted by Crippen LogP contribution is -2.30. The van der Waals surface area contributed by atoms with Gasteiger partial charge < -0.3 is 14.8 Å². The zero-order valence-electron chi connectivity index (χ0n) is 17.4. The molecule has 0 radical (unpaired) electrons. The maximum absolute atomic E-state index is 5.64. The molecule has 1 aliphatic rings. The Hall–Kier alpha value is -2.92. The minimum Gasteiger partial charge on any atom is -0.497 e. The van der Waals surface area contributed by atoms with Crippen LogP contribution in [0.1, 0.15) is 17.5 Å². The van der Waals surface area contributed by atoms with E-state index in [0.29, 0.717) is 0 Å². The first-order valence-corrected chi connectivity index (χ1v) is 11.1. The summed E-state index contributed by atoms with van der Waals surface area (Å²) in [5.74, 6) is 3.59. The third kappa shape index (κ3) is 4.62. The first-order chi connectivity index (χ1) is 14.8. The predicted molar refractivity (Wildman–Crippen MR) is 125 cm³/mol. The lowest BCUT2D eigenvalue weighted by atomic mass is 10.0. The lowest BCUT2D eigenvalue weighted by molar-refractivity contribution is 0.411. The highest BCUT2D eigenvalue weighted by atomic mass is 32.2. The van der Waals surface area contributed by atoms with E-state index in [-0.39, 0.29) is 0 Å². The summed E-state index contributed by atoms with van der Waals surface area (Å²) in [6, 6.07) is 23.0. The number of nitrogens with zero attached hydrogens (tertiary/aromatic N) is 1. The molecule has 4 rings (SSSR count). The van der Waals surface area contributed by atoms with E-state index in [0.717, 1.165) is 48.2 Å². The van der Waals surface area contributed by atoms with Crippen molar-refractivity contribution >= 4 is 17.6 Å². The van der Waals surface area contributed by atoms with Crippen molar-refractivity contribution in [2.45, 2.75) is 17.1 Å². The lowest BCUT2D eigenvalue weighted by Gasteiger charge is -2.17. The highest BCUT2D eigenvalue weighted by Crippen LogP contribution is 2.33. The smallest absolute Gasteiger partial charge is 0.129 e. The quantitative estimate of drug-likeness (QED) is 0.522. The van der Waals surface area contributed by atoms with Crippen molar-refractivity contribution in [2.75, 3.05) is 27.3 Å². The first-order valence-electron chi connectivity index (χ1n) is 10.1. The van der Waals surface area contributed by atoms with Gasteiger partial charge in [-0.1, -0.05) is 36.4 Å². The van der Waals surface area contributed by atoms with Crippen LogP contribution >= 0.6 is 11.8 Å². The van der Waals surface area contributed by atoms with Gasteiger partial charge in [0, 0.05) is 34.9 Å². The number of hydrogen-bond acceptors (Lipinski definition) is 5. The maximum atomic E-state index is 5.64. The molecule has 0 aliphatic carbocycles. The summed E-state index contributed by atoms with van der Waals surface area (Å²) in [6.07, 6.45) is 1.09. The molecule has 0 fully saturated rings. The molecule has 0 saturated carbocycles. The third-order valence-electron chi connectivity index (χ3n) is 5.13. The molecule has 154 valence electrons. The van der Waals surface area contributed by atoms with Crippen LogP contribution in [-0.2, 0) is 5.75 Å². The highest BCUT2D eigenvalue weighted by molar-refractivity contribution is 7.98. The Morgan fingerprint density at radius 1 is 0.933 bits per heavy atom. The molecule has 4 nitrogen and oxygen atoms in total. The second kappa shape index (κ2) is 9.72. The Morgan fingerprint density at radius 3 is 2.47 bits per heavy atom. The standard InChI is InChI=1S/C25H26N2O2S/c1-28-21-11-8-18(9-12-21)19-10-13-23(29-2)20(16-19)17-30-24-7-4-3-6-22(24)25-26-14-5-15-27-25/h3-4,6-13,16H,5,14-15,17H2,1-2H3,(H,26,27). The van der Waals surface area contributed by atoms with Gasteiger partial charge in [-0.25, -0.2) is 0 Å². The number of thioether (sulfide) groups is 1. The fraction of sp³-hybridized carbons (Fsp3) is 0.240. The van der Waals surface area contributed by atoms with Gasteiger partial charge in [0.15, 0.2) is 0 Å². The Bertz CT molecular complexity index is 1030. The molecule has 3 aromatic rings. The summed E-state index contributed by atoms with van der Waals surface area (Å²) in [4.78, 5) is 5.90. The van der Waals surface area contributed by atoms with Crippen LogP contribution in [0.3, 0.4) is 0 Å². The van der Waals surface area contributed by atoms with Gasteiger partial charge in [0.25, 0.3) is 0 Å². The summed E-state index contributed by atoms with van der Waals surface area (Å²) in [6.45, 7) is 1.87. The maximum Gasteiger partial charge on any atom is 0.129 e. The van der Waals surface area contributed by atoms with Gasteiger partial charge in [0.05, 0.1) is 14.2 Å². The van der Waals surface area contributed by atoms with E-state index in [1.54, 1.807) is 14.2 Å². The van der Waals surface area contributed by atoms with Crippen molar-refractivity contribution in [1.82, 2.24) is 5.32 Å². The summed E-state index contributed by atoms with van der Waals surface area (Å²) < 4.78 is 10.9. The van der Waals surface area contributed by atoms with E-state index >= 15 is 0 Å². The number of ether oxygens (including phenoxy) is 2. The van der Waals surface area contributed by atoms with Crippen molar-refractivity contribution < 1.29 is 9.47 Å². The molecule has 0 bridgehead atoms. The number of aliphatic imine (C=N–C) groups is 1. The summed E-state index contributed by atoms with van der Waals surface area (Å²) >= 11 is 1.81. The number of amidine groups is 1. The van der Waals surface area contributed by atoms with E-state index in [2.05, 4.69) is 58.8 Å². The minimum atomic E-state index is 0.817. The molecule has 0 atom stereocenters. The zero-order valence-corrected chi connectivity index (χ0v) is 18.2. The Morgan fingerprint density at radius 2 is 1.73 bits per heavy atom. The molecular formula is C25H26N2O2S.